The number of amides is 1. The highest BCUT2D eigenvalue weighted by Gasteiger charge is 2.25. The van der Waals surface area contributed by atoms with Crippen LogP contribution in [0.25, 0.3) is 0 Å². The van der Waals surface area contributed by atoms with E-state index in [1.54, 1.807) is 24.3 Å². The summed E-state index contributed by atoms with van der Waals surface area (Å²) in [5, 5.41) is 8.90. The lowest BCUT2D eigenvalue weighted by Crippen LogP contribution is -2.19. The predicted molar refractivity (Wildman–Crippen MR) is 105 cm³/mol. The number of sulfonamides is 1. The zero-order valence-corrected chi connectivity index (χ0v) is 16.3. The second kappa shape index (κ2) is 7.59. The van der Waals surface area contributed by atoms with Crippen LogP contribution in [0, 0.1) is 6.92 Å². The van der Waals surface area contributed by atoms with Crippen molar-refractivity contribution in [3.63, 3.8) is 0 Å². The van der Waals surface area contributed by atoms with E-state index in [0.29, 0.717) is 21.4 Å². The number of benzene rings is 2. The molecule has 0 aliphatic carbocycles. The Balaban J connectivity index is 1.85. The van der Waals surface area contributed by atoms with Gasteiger partial charge in [-0.05, 0) is 37.3 Å². The van der Waals surface area contributed by atoms with Crippen LogP contribution in [0.15, 0.2) is 53.7 Å². The van der Waals surface area contributed by atoms with Gasteiger partial charge in [0.05, 0.1) is 11.8 Å². The molecule has 0 spiro atoms. The van der Waals surface area contributed by atoms with E-state index in [9.17, 15) is 13.2 Å². The molecule has 0 fully saturated rings. The topological polar surface area (TPSA) is 104 Å². The third-order valence-corrected chi connectivity index (χ3v) is 5.33. The molecule has 0 aliphatic rings. The monoisotopic (exact) mass is 424 g/mol. The van der Waals surface area contributed by atoms with Gasteiger partial charge < -0.3 is 5.32 Å². The number of aromatic nitrogens is 2. The number of nitrogens with zero attached hydrogens (tertiary/aromatic N) is 1. The highest BCUT2D eigenvalue weighted by Crippen LogP contribution is 2.24. The fourth-order valence-electron chi connectivity index (χ4n) is 2.29. The number of nitrogens with one attached hydrogen (secondary N) is 3. The molecule has 10 heteroatoms. The van der Waals surface area contributed by atoms with Gasteiger partial charge in [0.1, 0.15) is 0 Å². The molecule has 2 aromatic carbocycles. The van der Waals surface area contributed by atoms with Crippen molar-refractivity contribution in [1.82, 2.24) is 10.2 Å². The number of anilines is 2. The van der Waals surface area contributed by atoms with Crippen molar-refractivity contribution in [3.8, 4) is 0 Å². The number of carbonyl (C=O) groups excluding carboxylic acids is 1. The Hall–Kier alpha value is -2.55. The fraction of sp³-hybridized carbons (Fsp3) is 0.0588. The standard InChI is InChI=1S/C17H14Cl2N4O3S/c1-10-2-4-13(5-3-10)23-27(25,26)17-15(9-20-22-17)16(24)21-14-7-11(18)6-12(19)8-14/h2-9,23H,1H3,(H,20,22)(H,21,24). The molecule has 1 amide bonds. The van der Waals surface area contributed by atoms with Crippen molar-refractivity contribution in [2.75, 3.05) is 10.0 Å². The summed E-state index contributed by atoms with van der Waals surface area (Å²) in [5.74, 6) is -0.675. The summed E-state index contributed by atoms with van der Waals surface area (Å²) in [6, 6.07) is 11.3. The fourth-order valence-corrected chi connectivity index (χ4v) is 3.98. The number of aromatic amines is 1. The first-order valence-corrected chi connectivity index (χ1v) is 9.89. The predicted octanol–water partition coefficient (Wildman–Crippen LogP) is 4.08. The number of hydrogen-bond donors (Lipinski definition) is 3. The summed E-state index contributed by atoms with van der Waals surface area (Å²) in [6.45, 7) is 1.89. The highest BCUT2D eigenvalue weighted by molar-refractivity contribution is 7.92. The lowest BCUT2D eigenvalue weighted by Gasteiger charge is -2.09. The van der Waals surface area contributed by atoms with Crippen molar-refractivity contribution in [1.29, 1.82) is 0 Å². The van der Waals surface area contributed by atoms with Crippen LogP contribution >= 0.6 is 23.2 Å². The molecule has 7 nitrogen and oxygen atoms in total. The molecule has 0 saturated heterocycles. The van der Waals surface area contributed by atoms with Gasteiger partial charge in [-0.25, -0.2) is 0 Å². The molecule has 0 unspecified atom stereocenters. The molecular formula is C17H14Cl2N4O3S. The number of halogens is 2. The van der Waals surface area contributed by atoms with Gasteiger partial charge in [0.2, 0.25) is 0 Å². The average Bonchev–Trinajstić information content (AvgIpc) is 3.06. The molecule has 3 rings (SSSR count). The second-order valence-corrected chi connectivity index (χ2v) is 8.19. The zero-order chi connectivity index (χ0) is 19.6. The van der Waals surface area contributed by atoms with Crippen molar-refractivity contribution in [2.45, 2.75) is 11.9 Å². The first kappa shape index (κ1) is 19.2. The Morgan fingerprint density at radius 2 is 1.67 bits per heavy atom. The van der Waals surface area contributed by atoms with E-state index in [2.05, 4.69) is 20.2 Å². The minimum atomic E-state index is -4.05. The smallest absolute Gasteiger partial charge is 0.279 e. The quantitative estimate of drug-likeness (QED) is 0.573. The van der Waals surface area contributed by atoms with E-state index in [0.717, 1.165) is 11.8 Å². The van der Waals surface area contributed by atoms with E-state index >= 15 is 0 Å². The van der Waals surface area contributed by atoms with Gasteiger partial charge >= 0.3 is 0 Å². The third-order valence-electron chi connectivity index (χ3n) is 3.54. The van der Waals surface area contributed by atoms with Gasteiger partial charge in [-0.3, -0.25) is 14.6 Å². The molecule has 0 radical (unpaired) electrons. The molecule has 3 N–H and O–H groups in total. The van der Waals surface area contributed by atoms with Crippen molar-refractivity contribution < 1.29 is 13.2 Å². The minimum Gasteiger partial charge on any atom is -0.322 e. The third kappa shape index (κ3) is 4.60. The molecule has 0 bridgehead atoms. The van der Waals surface area contributed by atoms with Gasteiger partial charge in [0.25, 0.3) is 15.9 Å². The lowest BCUT2D eigenvalue weighted by molar-refractivity contribution is 0.102. The number of carbonyl (C=O) groups is 1. The maximum absolute atomic E-state index is 12.6. The van der Waals surface area contributed by atoms with Gasteiger partial charge in [0.15, 0.2) is 5.03 Å². The number of aryl methyl sites for hydroxylation is 1. The van der Waals surface area contributed by atoms with Crippen LogP contribution in [-0.4, -0.2) is 24.5 Å². The Morgan fingerprint density at radius 3 is 2.30 bits per heavy atom. The van der Waals surface area contributed by atoms with E-state index < -0.39 is 15.9 Å². The molecular weight excluding hydrogens is 411 g/mol. The Morgan fingerprint density at radius 1 is 1.04 bits per heavy atom. The van der Waals surface area contributed by atoms with Crippen LogP contribution in [0.5, 0.6) is 0 Å². The SMILES string of the molecule is Cc1ccc(NS(=O)(=O)c2[nH]ncc2C(=O)Nc2cc(Cl)cc(Cl)c2)cc1. The largest absolute Gasteiger partial charge is 0.322 e. The van der Waals surface area contributed by atoms with Crippen LogP contribution in [0.4, 0.5) is 11.4 Å². The number of hydrogen-bond acceptors (Lipinski definition) is 4. The van der Waals surface area contributed by atoms with Crippen LogP contribution < -0.4 is 10.0 Å². The summed E-state index contributed by atoms with van der Waals surface area (Å²) in [7, 11) is -4.05. The molecule has 0 atom stereocenters. The summed E-state index contributed by atoms with van der Waals surface area (Å²) >= 11 is 11.8. The van der Waals surface area contributed by atoms with E-state index in [1.807, 2.05) is 6.92 Å². The molecule has 3 aromatic rings. The van der Waals surface area contributed by atoms with Crippen molar-refractivity contribution in [2.24, 2.45) is 0 Å². The van der Waals surface area contributed by atoms with Crippen molar-refractivity contribution >= 4 is 50.5 Å². The van der Waals surface area contributed by atoms with Crippen LogP contribution in [-0.2, 0) is 10.0 Å². The molecule has 1 aromatic heterocycles. The maximum Gasteiger partial charge on any atom is 0.279 e. The van der Waals surface area contributed by atoms with E-state index in [4.69, 9.17) is 23.2 Å². The summed E-state index contributed by atoms with van der Waals surface area (Å²) in [6.07, 6.45) is 1.13. The van der Waals surface area contributed by atoms with Gasteiger partial charge in [-0.1, -0.05) is 40.9 Å². The van der Waals surface area contributed by atoms with Crippen LogP contribution in [0.1, 0.15) is 15.9 Å². The van der Waals surface area contributed by atoms with E-state index in [1.165, 1.54) is 18.2 Å². The summed E-state index contributed by atoms with van der Waals surface area (Å²) < 4.78 is 27.7. The van der Waals surface area contributed by atoms with Gasteiger partial charge in [0, 0.05) is 21.4 Å². The Kier molecular flexibility index (Phi) is 5.41. The minimum absolute atomic E-state index is 0.147. The van der Waals surface area contributed by atoms with Crippen molar-refractivity contribution in [3.05, 3.63) is 69.8 Å². The van der Waals surface area contributed by atoms with Gasteiger partial charge in [-0.2, -0.15) is 13.5 Å². The molecule has 27 heavy (non-hydrogen) atoms. The average molecular weight is 425 g/mol. The normalized spacial score (nSPS) is 11.2. The van der Waals surface area contributed by atoms with Crippen LogP contribution in [0.3, 0.4) is 0 Å². The van der Waals surface area contributed by atoms with Crippen LogP contribution in [0.2, 0.25) is 10.0 Å². The number of H-pyrrole nitrogens is 1. The molecule has 0 saturated carbocycles. The van der Waals surface area contributed by atoms with E-state index in [-0.39, 0.29) is 10.6 Å². The Labute approximate surface area is 165 Å². The highest BCUT2D eigenvalue weighted by atomic mass is 35.5. The molecule has 0 aliphatic heterocycles. The summed E-state index contributed by atoms with van der Waals surface area (Å²) in [5.41, 5.74) is 1.53. The first-order valence-electron chi connectivity index (χ1n) is 7.65. The lowest BCUT2D eigenvalue weighted by atomic mass is 10.2. The Bertz CT molecular complexity index is 1080. The van der Waals surface area contributed by atoms with Gasteiger partial charge in [-0.15, -0.1) is 0 Å². The zero-order valence-electron chi connectivity index (χ0n) is 14.0. The molecule has 140 valence electrons. The maximum atomic E-state index is 12.6. The number of rotatable bonds is 5. The second-order valence-electron chi connectivity index (χ2n) is 5.70. The molecule has 1 heterocycles. The first-order chi connectivity index (χ1) is 12.7. The summed E-state index contributed by atoms with van der Waals surface area (Å²) in [4.78, 5) is 12.5.